The van der Waals surface area contributed by atoms with E-state index in [1.165, 1.54) is 6.21 Å². The Morgan fingerprint density at radius 3 is 2.65 bits per heavy atom. The summed E-state index contributed by atoms with van der Waals surface area (Å²) in [5.41, 5.74) is 3.54. The second-order valence-corrected chi connectivity index (χ2v) is 6.61. The number of rotatable bonds is 5. The molecule has 0 saturated heterocycles. The molecule has 4 rings (SSSR count). The van der Waals surface area contributed by atoms with Gasteiger partial charge in [0.1, 0.15) is 5.69 Å². The molecule has 4 heterocycles. The molecule has 10 nitrogen and oxygen atoms in total. The van der Waals surface area contributed by atoms with E-state index in [-0.39, 0.29) is 11.5 Å². The van der Waals surface area contributed by atoms with Crippen LogP contribution >= 0.6 is 0 Å². The molecule has 0 spiro atoms. The molecule has 0 aliphatic heterocycles. The number of aromatic amines is 2. The lowest BCUT2D eigenvalue weighted by Gasteiger charge is -2.03. The largest absolute Gasteiger partial charge is 0.326 e. The lowest BCUT2D eigenvalue weighted by molar-refractivity contribution is 0.0948. The van der Waals surface area contributed by atoms with Crippen molar-refractivity contribution in [2.45, 2.75) is 6.92 Å². The van der Waals surface area contributed by atoms with Crippen molar-refractivity contribution in [3.63, 3.8) is 0 Å². The third-order valence-corrected chi connectivity index (χ3v) is 4.66. The van der Waals surface area contributed by atoms with Gasteiger partial charge in [-0.3, -0.25) is 24.4 Å². The number of fused-ring (bicyclic) bond motifs is 1. The van der Waals surface area contributed by atoms with Crippen molar-refractivity contribution in [2.24, 2.45) is 5.10 Å². The number of H-pyrrole nitrogens is 2. The average molecular weight is 416 g/mol. The molecule has 0 aliphatic rings. The minimum Gasteiger partial charge on any atom is -0.313 e. The molecule has 0 bridgehead atoms. The number of hydrogen-bond acceptors (Lipinski definition) is 6. The number of amides is 1. The summed E-state index contributed by atoms with van der Waals surface area (Å²) in [6.07, 6.45) is 6.29. The van der Waals surface area contributed by atoms with E-state index in [4.69, 9.17) is 0 Å². The third-order valence-electron chi connectivity index (χ3n) is 4.66. The quantitative estimate of drug-likeness (QED) is 0.253. The summed E-state index contributed by atoms with van der Waals surface area (Å²) in [5, 5.41) is 3.94. The highest BCUT2D eigenvalue weighted by molar-refractivity contribution is 6.11. The normalized spacial score (nSPS) is 11.1. The monoisotopic (exact) mass is 416 g/mol. The van der Waals surface area contributed by atoms with E-state index in [9.17, 15) is 19.2 Å². The summed E-state index contributed by atoms with van der Waals surface area (Å²) in [5.74, 6) is -0.931. The van der Waals surface area contributed by atoms with Crippen LogP contribution in [0.25, 0.3) is 5.52 Å². The average Bonchev–Trinajstić information content (AvgIpc) is 3.04. The molecule has 0 saturated carbocycles. The van der Waals surface area contributed by atoms with Crippen molar-refractivity contribution in [1.82, 2.24) is 24.8 Å². The Morgan fingerprint density at radius 2 is 1.90 bits per heavy atom. The van der Waals surface area contributed by atoms with Gasteiger partial charge in [0.25, 0.3) is 11.5 Å². The van der Waals surface area contributed by atoms with E-state index in [2.05, 4.69) is 20.5 Å². The van der Waals surface area contributed by atoms with Gasteiger partial charge in [0, 0.05) is 35.8 Å². The fraction of sp³-hybridized carbons (Fsp3) is 0.0476. The van der Waals surface area contributed by atoms with Gasteiger partial charge >= 0.3 is 5.69 Å². The van der Waals surface area contributed by atoms with Gasteiger partial charge < -0.3 is 9.38 Å². The van der Waals surface area contributed by atoms with E-state index in [0.29, 0.717) is 22.4 Å². The first-order chi connectivity index (χ1) is 15.0. The summed E-state index contributed by atoms with van der Waals surface area (Å²) >= 11 is 0. The van der Waals surface area contributed by atoms with Crippen LogP contribution in [-0.2, 0) is 0 Å². The van der Waals surface area contributed by atoms with Gasteiger partial charge in [0.05, 0.1) is 17.4 Å². The smallest absolute Gasteiger partial charge is 0.313 e. The number of nitrogens with one attached hydrogen (secondary N) is 3. The highest BCUT2D eigenvalue weighted by atomic mass is 16.2. The van der Waals surface area contributed by atoms with Crippen LogP contribution in [0.2, 0.25) is 0 Å². The van der Waals surface area contributed by atoms with Crippen molar-refractivity contribution in [3.8, 4) is 0 Å². The summed E-state index contributed by atoms with van der Waals surface area (Å²) in [6.45, 7) is 1.79. The van der Waals surface area contributed by atoms with Gasteiger partial charge in [-0.2, -0.15) is 5.10 Å². The van der Waals surface area contributed by atoms with Crippen LogP contribution < -0.4 is 16.7 Å². The molecular formula is C21H16N6O4. The number of hydrogen-bond donors (Lipinski definition) is 3. The van der Waals surface area contributed by atoms with Gasteiger partial charge in [-0.25, -0.2) is 10.2 Å². The Hall–Kier alpha value is -4.60. The van der Waals surface area contributed by atoms with E-state index < -0.39 is 17.2 Å². The van der Waals surface area contributed by atoms with Crippen molar-refractivity contribution < 1.29 is 9.59 Å². The Balaban J connectivity index is 1.69. The standard InChI is InChI=1S/C21H16N6O4/c1-12-14(11-23-26-20(30)15-10-17(28)25-21(31)24-15)16-4-2-3-9-27(16)18(12)19(29)13-5-7-22-8-6-13/h2-11H,1H3,(H,26,30)(H2,24,25,28,31). The maximum absolute atomic E-state index is 13.1. The number of ketones is 1. The fourth-order valence-electron chi connectivity index (χ4n) is 3.25. The molecule has 31 heavy (non-hydrogen) atoms. The molecule has 4 aromatic rings. The lowest BCUT2D eigenvalue weighted by Crippen LogP contribution is -2.28. The lowest BCUT2D eigenvalue weighted by atomic mass is 10.1. The molecule has 154 valence electrons. The minimum atomic E-state index is -0.796. The highest BCUT2D eigenvalue weighted by Gasteiger charge is 2.20. The predicted molar refractivity (Wildman–Crippen MR) is 113 cm³/mol. The number of nitrogens with zero attached hydrogens (tertiary/aromatic N) is 3. The van der Waals surface area contributed by atoms with Crippen LogP contribution in [0.4, 0.5) is 0 Å². The summed E-state index contributed by atoms with van der Waals surface area (Å²) in [6, 6.07) is 9.69. The SMILES string of the molecule is Cc1c(C=NNC(=O)c2cc(=O)[nH]c(=O)[nH]2)c2ccccn2c1C(=O)c1ccncc1. The topological polar surface area (TPSA) is 142 Å². The van der Waals surface area contributed by atoms with Crippen molar-refractivity contribution >= 4 is 23.4 Å². The molecular weight excluding hydrogens is 400 g/mol. The zero-order chi connectivity index (χ0) is 22.0. The van der Waals surface area contributed by atoms with Gasteiger partial charge in [-0.05, 0) is 36.8 Å². The summed E-state index contributed by atoms with van der Waals surface area (Å²) < 4.78 is 1.76. The molecule has 4 aromatic heterocycles. The molecule has 0 aliphatic carbocycles. The number of aromatic nitrogens is 4. The Bertz CT molecular complexity index is 1420. The van der Waals surface area contributed by atoms with E-state index in [0.717, 1.165) is 11.6 Å². The Labute approximate surface area is 174 Å². The zero-order valence-electron chi connectivity index (χ0n) is 16.2. The first kappa shape index (κ1) is 19.7. The molecule has 0 atom stereocenters. The molecule has 3 N–H and O–H groups in total. The number of pyridine rings is 2. The van der Waals surface area contributed by atoms with Gasteiger partial charge in [-0.15, -0.1) is 0 Å². The first-order valence-corrected chi connectivity index (χ1v) is 9.17. The molecule has 1 amide bonds. The summed E-state index contributed by atoms with van der Waals surface area (Å²) in [7, 11) is 0. The van der Waals surface area contributed by atoms with Crippen LogP contribution in [-0.4, -0.2) is 37.3 Å². The van der Waals surface area contributed by atoms with Crippen LogP contribution in [0.3, 0.4) is 0 Å². The maximum atomic E-state index is 13.1. The molecule has 10 heteroatoms. The minimum absolute atomic E-state index is 0.175. The van der Waals surface area contributed by atoms with Crippen molar-refractivity contribution in [1.29, 1.82) is 0 Å². The highest BCUT2D eigenvalue weighted by Crippen LogP contribution is 2.24. The third kappa shape index (κ3) is 3.81. The number of hydrazone groups is 1. The molecule has 0 radical (unpaired) electrons. The van der Waals surface area contributed by atoms with Crippen LogP contribution in [0.15, 0.2) is 69.7 Å². The van der Waals surface area contributed by atoms with Crippen LogP contribution in [0.5, 0.6) is 0 Å². The van der Waals surface area contributed by atoms with Gasteiger partial charge in [0.2, 0.25) is 5.78 Å². The number of carbonyl (C=O) groups excluding carboxylic acids is 2. The van der Waals surface area contributed by atoms with Gasteiger partial charge in [-0.1, -0.05) is 6.07 Å². The van der Waals surface area contributed by atoms with Crippen LogP contribution in [0.1, 0.15) is 37.7 Å². The van der Waals surface area contributed by atoms with E-state index in [1.54, 1.807) is 42.0 Å². The van der Waals surface area contributed by atoms with E-state index in [1.807, 2.05) is 23.2 Å². The van der Waals surface area contributed by atoms with Crippen LogP contribution in [0, 0.1) is 6.92 Å². The second-order valence-electron chi connectivity index (χ2n) is 6.61. The maximum Gasteiger partial charge on any atom is 0.326 e. The van der Waals surface area contributed by atoms with E-state index >= 15 is 0 Å². The second kappa shape index (κ2) is 8.03. The summed E-state index contributed by atoms with van der Waals surface area (Å²) in [4.78, 5) is 56.1. The zero-order valence-corrected chi connectivity index (χ0v) is 16.2. The molecule has 0 fully saturated rings. The predicted octanol–water partition coefficient (Wildman–Crippen LogP) is 1.01. The van der Waals surface area contributed by atoms with Gasteiger partial charge in [0.15, 0.2) is 0 Å². The molecule has 0 aromatic carbocycles. The Morgan fingerprint density at radius 1 is 1.13 bits per heavy atom. The number of carbonyl (C=O) groups is 2. The fourth-order valence-corrected chi connectivity index (χ4v) is 3.25. The van der Waals surface area contributed by atoms with Crippen molar-refractivity contribution in [3.05, 3.63) is 104 Å². The first-order valence-electron chi connectivity index (χ1n) is 9.17. The molecule has 0 unspecified atom stereocenters. The Kier molecular flexibility index (Phi) is 5.10. The van der Waals surface area contributed by atoms with Crippen molar-refractivity contribution in [2.75, 3.05) is 0 Å².